The number of halogens is 4. The number of rotatable bonds is 3. The van der Waals surface area contributed by atoms with Crippen LogP contribution in [-0.2, 0) is 0 Å². The lowest BCUT2D eigenvalue weighted by molar-refractivity contribution is 0.433. The minimum atomic E-state index is -1.55. The van der Waals surface area contributed by atoms with Crippen molar-refractivity contribution in [3.05, 3.63) is 63.4 Å². The van der Waals surface area contributed by atoms with Crippen LogP contribution >= 0.6 is 15.9 Å². The van der Waals surface area contributed by atoms with Gasteiger partial charge in [-0.05, 0) is 29.8 Å². The summed E-state index contributed by atoms with van der Waals surface area (Å²) in [5.41, 5.74) is 8.84. The molecule has 20 heavy (non-hydrogen) atoms. The van der Waals surface area contributed by atoms with Gasteiger partial charge in [-0.15, -0.1) is 0 Å². The Hall–Kier alpha value is -1.57. The van der Waals surface area contributed by atoms with Crippen LogP contribution in [0.5, 0.6) is 0 Å². The molecule has 3 nitrogen and oxygen atoms in total. The van der Waals surface area contributed by atoms with Crippen molar-refractivity contribution in [2.45, 2.75) is 6.04 Å². The van der Waals surface area contributed by atoms with Crippen LogP contribution in [0.25, 0.3) is 0 Å². The van der Waals surface area contributed by atoms with E-state index in [1.165, 1.54) is 0 Å². The van der Waals surface area contributed by atoms with E-state index < -0.39 is 23.5 Å². The number of nitrogen functional groups attached to an aromatic ring is 1. The minimum absolute atomic E-state index is 0.129. The molecule has 2 rings (SSSR count). The lowest BCUT2D eigenvalue weighted by Crippen LogP contribution is -2.30. The molecular weight excluding hydrogens is 335 g/mol. The Bertz CT molecular complexity index is 649. The number of hydrogen-bond donors (Lipinski definition) is 3. The highest BCUT2D eigenvalue weighted by atomic mass is 79.9. The average molecular weight is 346 g/mol. The molecule has 0 aliphatic carbocycles. The topological polar surface area (TPSA) is 64.1 Å². The zero-order valence-corrected chi connectivity index (χ0v) is 11.7. The lowest BCUT2D eigenvalue weighted by Gasteiger charge is -2.20. The molecule has 0 aromatic heterocycles. The number of benzene rings is 2. The number of hydrazine groups is 1. The van der Waals surface area contributed by atoms with Crippen molar-refractivity contribution in [1.82, 2.24) is 5.43 Å². The number of nitrogens with two attached hydrogens (primary N) is 2. The predicted molar refractivity (Wildman–Crippen MR) is 74.0 cm³/mol. The molecule has 0 aliphatic rings. The zero-order chi connectivity index (χ0) is 14.9. The Kier molecular flexibility index (Phi) is 4.32. The van der Waals surface area contributed by atoms with Crippen LogP contribution < -0.4 is 17.0 Å². The highest BCUT2D eigenvalue weighted by Crippen LogP contribution is 2.31. The van der Waals surface area contributed by atoms with E-state index in [2.05, 4.69) is 21.4 Å². The van der Waals surface area contributed by atoms with Crippen molar-refractivity contribution in [3.8, 4) is 0 Å². The van der Waals surface area contributed by atoms with Gasteiger partial charge in [-0.3, -0.25) is 5.84 Å². The first kappa shape index (κ1) is 14.8. The van der Waals surface area contributed by atoms with Gasteiger partial charge in [-0.25, -0.2) is 18.6 Å². The monoisotopic (exact) mass is 345 g/mol. The van der Waals surface area contributed by atoms with E-state index >= 15 is 0 Å². The maximum atomic E-state index is 13.9. The summed E-state index contributed by atoms with van der Waals surface area (Å²) in [6.45, 7) is 0. The van der Waals surface area contributed by atoms with Crippen LogP contribution in [0, 0.1) is 17.5 Å². The predicted octanol–water partition coefficient (Wildman–Crippen LogP) is 3.00. The van der Waals surface area contributed by atoms with Gasteiger partial charge in [0.15, 0.2) is 17.5 Å². The van der Waals surface area contributed by atoms with Crippen molar-refractivity contribution in [1.29, 1.82) is 0 Å². The number of anilines is 1. The number of hydrogen-bond acceptors (Lipinski definition) is 3. The third kappa shape index (κ3) is 2.65. The second-order valence-corrected chi connectivity index (χ2v) is 5.05. The second-order valence-electron chi connectivity index (χ2n) is 4.14. The minimum Gasteiger partial charge on any atom is -0.398 e. The molecule has 0 aliphatic heterocycles. The van der Waals surface area contributed by atoms with Crippen molar-refractivity contribution in [3.63, 3.8) is 0 Å². The molecule has 0 heterocycles. The van der Waals surface area contributed by atoms with E-state index in [9.17, 15) is 13.2 Å². The van der Waals surface area contributed by atoms with Crippen molar-refractivity contribution < 1.29 is 13.2 Å². The molecule has 0 fully saturated rings. The average Bonchev–Trinajstić information content (AvgIpc) is 2.43. The van der Waals surface area contributed by atoms with Crippen molar-refractivity contribution >= 4 is 21.6 Å². The first-order chi connectivity index (χ1) is 9.45. The molecule has 1 unspecified atom stereocenters. The van der Waals surface area contributed by atoms with Gasteiger partial charge in [-0.1, -0.05) is 22.0 Å². The van der Waals surface area contributed by atoms with Gasteiger partial charge in [0, 0.05) is 15.7 Å². The molecule has 0 saturated carbocycles. The quantitative estimate of drug-likeness (QED) is 0.347. The van der Waals surface area contributed by atoms with Crippen molar-refractivity contribution in [2.24, 2.45) is 5.84 Å². The normalized spacial score (nSPS) is 12.4. The highest BCUT2D eigenvalue weighted by molar-refractivity contribution is 9.10. The fourth-order valence-corrected chi connectivity index (χ4v) is 2.29. The molecule has 1 atom stereocenters. The summed E-state index contributed by atoms with van der Waals surface area (Å²) in [5.74, 6) is 1.31. The molecule has 0 saturated heterocycles. The van der Waals surface area contributed by atoms with Crippen LogP contribution in [0.4, 0.5) is 18.9 Å². The maximum Gasteiger partial charge on any atom is 0.194 e. The fraction of sp³-hybridized carbons (Fsp3) is 0.0769. The Labute approximate surface area is 121 Å². The van der Waals surface area contributed by atoms with Crippen LogP contribution in [0.2, 0.25) is 0 Å². The first-order valence-corrected chi connectivity index (χ1v) is 6.39. The third-order valence-corrected chi connectivity index (χ3v) is 3.40. The summed E-state index contributed by atoms with van der Waals surface area (Å²) in [6, 6.07) is 5.99. The summed E-state index contributed by atoms with van der Waals surface area (Å²) >= 11 is 3.26. The standard InChI is InChI=1S/C13H11BrF3N3/c14-6-1-4-10(18)8(5-6)13(20-19)7-2-3-9(15)12(17)11(7)16/h1-5,13,20H,18-19H2. The van der Waals surface area contributed by atoms with E-state index in [0.717, 1.165) is 12.1 Å². The summed E-state index contributed by atoms with van der Waals surface area (Å²) in [4.78, 5) is 0. The van der Waals surface area contributed by atoms with Gasteiger partial charge in [0.25, 0.3) is 0 Å². The Balaban J connectivity index is 2.58. The van der Waals surface area contributed by atoms with Crippen LogP contribution in [0.15, 0.2) is 34.8 Å². The molecule has 7 heteroatoms. The Morgan fingerprint density at radius 1 is 1.00 bits per heavy atom. The van der Waals surface area contributed by atoms with Crippen LogP contribution in [0.1, 0.15) is 17.2 Å². The highest BCUT2D eigenvalue weighted by Gasteiger charge is 2.23. The van der Waals surface area contributed by atoms with E-state index in [1.54, 1.807) is 18.2 Å². The molecule has 0 bridgehead atoms. The molecule has 0 amide bonds. The second kappa shape index (κ2) is 5.82. The zero-order valence-electron chi connectivity index (χ0n) is 10.1. The molecular formula is C13H11BrF3N3. The van der Waals surface area contributed by atoms with Gasteiger partial charge >= 0.3 is 0 Å². The van der Waals surface area contributed by atoms with Gasteiger partial charge in [0.1, 0.15) is 0 Å². The molecule has 0 spiro atoms. The van der Waals surface area contributed by atoms with Crippen molar-refractivity contribution in [2.75, 3.05) is 5.73 Å². The van der Waals surface area contributed by atoms with Gasteiger partial charge in [0.05, 0.1) is 6.04 Å². The summed E-state index contributed by atoms with van der Waals surface area (Å²) in [6.07, 6.45) is 0. The van der Waals surface area contributed by atoms with Gasteiger partial charge in [0.2, 0.25) is 0 Å². The first-order valence-electron chi connectivity index (χ1n) is 5.60. The largest absolute Gasteiger partial charge is 0.398 e. The summed E-state index contributed by atoms with van der Waals surface area (Å²) in [5, 5.41) is 0. The smallest absolute Gasteiger partial charge is 0.194 e. The summed E-state index contributed by atoms with van der Waals surface area (Å²) < 4.78 is 40.9. The summed E-state index contributed by atoms with van der Waals surface area (Å²) in [7, 11) is 0. The van der Waals surface area contributed by atoms with E-state index in [-0.39, 0.29) is 5.56 Å². The van der Waals surface area contributed by atoms with E-state index in [0.29, 0.717) is 15.7 Å². The maximum absolute atomic E-state index is 13.9. The Morgan fingerprint density at radius 3 is 2.35 bits per heavy atom. The molecule has 2 aromatic carbocycles. The van der Waals surface area contributed by atoms with E-state index in [1.807, 2.05) is 0 Å². The molecule has 0 radical (unpaired) electrons. The number of nitrogens with one attached hydrogen (secondary N) is 1. The lowest BCUT2D eigenvalue weighted by atomic mass is 9.97. The van der Waals surface area contributed by atoms with Crippen LogP contribution in [0.3, 0.4) is 0 Å². The molecule has 5 N–H and O–H groups in total. The SMILES string of the molecule is NNC(c1cc(Br)ccc1N)c1ccc(F)c(F)c1F. The molecule has 2 aromatic rings. The fourth-order valence-electron chi connectivity index (χ4n) is 1.91. The third-order valence-electron chi connectivity index (χ3n) is 2.90. The molecule has 106 valence electrons. The van der Waals surface area contributed by atoms with Gasteiger partial charge in [-0.2, -0.15) is 0 Å². The van der Waals surface area contributed by atoms with Gasteiger partial charge < -0.3 is 5.73 Å². The van der Waals surface area contributed by atoms with E-state index in [4.69, 9.17) is 11.6 Å². The Morgan fingerprint density at radius 2 is 1.70 bits per heavy atom. The van der Waals surface area contributed by atoms with Crippen LogP contribution in [-0.4, -0.2) is 0 Å².